The summed E-state index contributed by atoms with van der Waals surface area (Å²) in [5, 5.41) is 17.9. The van der Waals surface area contributed by atoms with Crippen LogP contribution in [0.5, 0.6) is 0 Å². The van der Waals surface area contributed by atoms with Crippen molar-refractivity contribution in [3.8, 4) is 0 Å². The monoisotopic (exact) mass is 433 g/mol. The maximum absolute atomic E-state index is 13.0. The molecule has 30 heavy (non-hydrogen) atoms. The first-order valence-corrected chi connectivity index (χ1v) is 10.2. The van der Waals surface area contributed by atoms with Crippen molar-refractivity contribution in [2.24, 2.45) is 5.92 Å². The standard InChI is InChI=1S/C19H24ClN7O3/c1-3-11(2)17(20)19(30)22-10-16(28)27-13-7-5-4-6-12(13)8-14(27)18(29)21-9-15-23-25-26-24-15/h4-7,11,14,17H,3,8-10H2,1-2H3,(H,21,29)(H,22,30)(H,23,24,25,26)/t11-,14+,17+/m1/s1. The molecule has 10 nitrogen and oxygen atoms in total. The number of fused-ring (bicyclic) bond motifs is 1. The highest BCUT2D eigenvalue weighted by atomic mass is 35.5. The minimum absolute atomic E-state index is 0.0158. The van der Waals surface area contributed by atoms with Gasteiger partial charge in [-0.25, -0.2) is 0 Å². The summed E-state index contributed by atoms with van der Waals surface area (Å²) in [6.45, 7) is 3.66. The zero-order chi connectivity index (χ0) is 21.7. The lowest BCUT2D eigenvalue weighted by molar-refractivity contribution is -0.127. The zero-order valence-corrected chi connectivity index (χ0v) is 17.5. The lowest BCUT2D eigenvalue weighted by Gasteiger charge is -2.25. The average Bonchev–Trinajstić information content (AvgIpc) is 3.42. The number of H-pyrrole nitrogens is 1. The van der Waals surface area contributed by atoms with Crippen LogP contribution in [0.4, 0.5) is 5.69 Å². The molecule has 0 bridgehead atoms. The van der Waals surface area contributed by atoms with E-state index in [9.17, 15) is 14.4 Å². The SMILES string of the molecule is CC[C@@H](C)[C@H](Cl)C(=O)NCC(=O)N1c2ccccc2C[C@H]1C(=O)NCc1nn[nH]n1. The number of nitrogens with one attached hydrogen (secondary N) is 3. The van der Waals surface area contributed by atoms with Crippen molar-refractivity contribution < 1.29 is 14.4 Å². The summed E-state index contributed by atoms with van der Waals surface area (Å²) >= 11 is 6.15. The van der Waals surface area contributed by atoms with Gasteiger partial charge in [0, 0.05) is 12.1 Å². The number of halogens is 1. The molecule has 0 radical (unpaired) electrons. The number of para-hydroxylation sites is 1. The van der Waals surface area contributed by atoms with Crippen LogP contribution in [-0.4, -0.2) is 56.3 Å². The summed E-state index contributed by atoms with van der Waals surface area (Å²) in [6, 6.07) is 6.57. The second-order valence-electron chi connectivity index (χ2n) is 7.16. The fraction of sp³-hybridized carbons (Fsp3) is 0.474. The maximum Gasteiger partial charge on any atom is 0.247 e. The fourth-order valence-electron chi connectivity index (χ4n) is 3.26. The van der Waals surface area contributed by atoms with E-state index in [1.807, 2.05) is 26.0 Å². The second kappa shape index (κ2) is 9.66. The molecule has 1 aliphatic heterocycles. The molecule has 160 valence electrons. The first-order valence-electron chi connectivity index (χ1n) is 9.74. The Morgan fingerprint density at radius 3 is 2.77 bits per heavy atom. The van der Waals surface area contributed by atoms with Crippen molar-refractivity contribution in [1.29, 1.82) is 0 Å². The van der Waals surface area contributed by atoms with E-state index in [2.05, 4.69) is 31.3 Å². The van der Waals surface area contributed by atoms with Gasteiger partial charge in [0.25, 0.3) is 0 Å². The number of hydrogen-bond acceptors (Lipinski definition) is 6. The van der Waals surface area contributed by atoms with Crippen molar-refractivity contribution in [1.82, 2.24) is 31.3 Å². The summed E-state index contributed by atoms with van der Waals surface area (Å²) in [5.41, 5.74) is 1.53. The molecule has 3 rings (SSSR count). The van der Waals surface area contributed by atoms with E-state index in [1.165, 1.54) is 4.90 Å². The molecule has 0 saturated heterocycles. The molecule has 1 aromatic carbocycles. The molecular weight excluding hydrogens is 410 g/mol. The van der Waals surface area contributed by atoms with Gasteiger partial charge in [-0.2, -0.15) is 5.21 Å². The lowest BCUT2D eigenvalue weighted by atomic mass is 10.0. The number of tetrazole rings is 1. The largest absolute Gasteiger partial charge is 0.347 e. The van der Waals surface area contributed by atoms with Gasteiger partial charge in [-0.1, -0.05) is 43.7 Å². The third-order valence-corrected chi connectivity index (χ3v) is 5.79. The third kappa shape index (κ3) is 4.76. The van der Waals surface area contributed by atoms with E-state index >= 15 is 0 Å². The molecule has 0 spiro atoms. The molecule has 0 fully saturated rings. The minimum Gasteiger partial charge on any atom is -0.347 e. The van der Waals surface area contributed by atoms with E-state index in [-0.39, 0.29) is 30.8 Å². The summed E-state index contributed by atoms with van der Waals surface area (Å²) in [5.74, 6) is -0.809. The Balaban J connectivity index is 1.69. The van der Waals surface area contributed by atoms with Crippen molar-refractivity contribution >= 4 is 35.0 Å². The molecule has 0 aliphatic carbocycles. The third-order valence-electron chi connectivity index (χ3n) is 5.17. The lowest BCUT2D eigenvalue weighted by Crippen LogP contribution is -2.51. The van der Waals surface area contributed by atoms with Crippen LogP contribution in [0.25, 0.3) is 0 Å². The highest BCUT2D eigenvalue weighted by Gasteiger charge is 2.38. The number of rotatable bonds is 8. The van der Waals surface area contributed by atoms with Gasteiger partial charge in [-0.05, 0) is 17.5 Å². The molecule has 1 aromatic heterocycles. The number of aromatic amines is 1. The van der Waals surface area contributed by atoms with Crippen LogP contribution < -0.4 is 15.5 Å². The Bertz CT molecular complexity index is 905. The van der Waals surface area contributed by atoms with E-state index in [4.69, 9.17) is 11.6 Å². The highest BCUT2D eigenvalue weighted by molar-refractivity contribution is 6.31. The van der Waals surface area contributed by atoms with E-state index in [0.29, 0.717) is 17.9 Å². The molecule has 3 N–H and O–H groups in total. The van der Waals surface area contributed by atoms with Crippen LogP contribution in [0.15, 0.2) is 24.3 Å². The number of carbonyl (C=O) groups is 3. The minimum atomic E-state index is -0.736. The van der Waals surface area contributed by atoms with E-state index in [1.54, 1.807) is 12.1 Å². The van der Waals surface area contributed by atoms with Crippen molar-refractivity contribution in [3.63, 3.8) is 0 Å². The fourth-order valence-corrected chi connectivity index (χ4v) is 3.51. The highest BCUT2D eigenvalue weighted by Crippen LogP contribution is 2.32. The smallest absolute Gasteiger partial charge is 0.247 e. The first-order chi connectivity index (χ1) is 14.4. The van der Waals surface area contributed by atoms with Crippen LogP contribution in [0.1, 0.15) is 31.7 Å². The number of anilines is 1. The van der Waals surface area contributed by atoms with Gasteiger partial charge in [-0.3, -0.25) is 19.3 Å². The number of alkyl halides is 1. The Hall–Kier alpha value is -3.01. The molecule has 0 unspecified atom stereocenters. The average molecular weight is 434 g/mol. The van der Waals surface area contributed by atoms with Gasteiger partial charge >= 0.3 is 0 Å². The van der Waals surface area contributed by atoms with Crippen LogP contribution in [0, 0.1) is 5.92 Å². The van der Waals surface area contributed by atoms with Crippen LogP contribution in [0.2, 0.25) is 0 Å². The van der Waals surface area contributed by atoms with Gasteiger partial charge < -0.3 is 10.6 Å². The Labute approximate surface area is 178 Å². The van der Waals surface area contributed by atoms with E-state index < -0.39 is 17.3 Å². The van der Waals surface area contributed by atoms with Gasteiger partial charge in [0.2, 0.25) is 17.7 Å². The molecule has 3 amide bonds. The van der Waals surface area contributed by atoms with Gasteiger partial charge in [-0.15, -0.1) is 21.8 Å². The molecule has 0 saturated carbocycles. The van der Waals surface area contributed by atoms with Crippen LogP contribution in [0.3, 0.4) is 0 Å². The summed E-state index contributed by atoms with van der Waals surface area (Å²) < 4.78 is 0. The molecule has 1 aliphatic rings. The van der Waals surface area contributed by atoms with Gasteiger partial charge in [0.1, 0.15) is 11.4 Å². The molecule has 11 heteroatoms. The first kappa shape index (κ1) is 21.7. The second-order valence-corrected chi connectivity index (χ2v) is 7.63. The zero-order valence-electron chi connectivity index (χ0n) is 16.8. The quantitative estimate of drug-likeness (QED) is 0.520. The number of nitrogens with zero attached hydrogens (tertiary/aromatic N) is 4. The molecule has 2 heterocycles. The molecular formula is C19H24ClN7O3. The van der Waals surface area contributed by atoms with Crippen LogP contribution in [-0.2, 0) is 27.3 Å². The predicted octanol–water partition coefficient (Wildman–Crippen LogP) is 0.544. The summed E-state index contributed by atoms with van der Waals surface area (Å²) in [7, 11) is 0. The Morgan fingerprint density at radius 1 is 1.30 bits per heavy atom. The van der Waals surface area contributed by atoms with Crippen molar-refractivity contribution in [2.75, 3.05) is 11.4 Å². The van der Waals surface area contributed by atoms with Crippen molar-refractivity contribution in [2.45, 2.75) is 44.7 Å². The predicted molar refractivity (Wildman–Crippen MR) is 110 cm³/mol. The number of amides is 3. The van der Waals surface area contributed by atoms with Crippen molar-refractivity contribution in [3.05, 3.63) is 35.7 Å². The topological polar surface area (TPSA) is 133 Å². The van der Waals surface area contributed by atoms with Crippen LogP contribution >= 0.6 is 11.6 Å². The van der Waals surface area contributed by atoms with Gasteiger partial charge in [0.15, 0.2) is 5.82 Å². The molecule has 2 aromatic rings. The van der Waals surface area contributed by atoms with Gasteiger partial charge in [0.05, 0.1) is 13.1 Å². The molecule has 3 atom stereocenters. The van der Waals surface area contributed by atoms with E-state index in [0.717, 1.165) is 12.0 Å². The summed E-state index contributed by atoms with van der Waals surface area (Å²) in [4.78, 5) is 39.4. The Kier molecular flexibility index (Phi) is 6.99. The Morgan fingerprint density at radius 2 is 2.07 bits per heavy atom. The number of benzene rings is 1. The number of hydrogen-bond donors (Lipinski definition) is 3. The number of aromatic nitrogens is 4. The normalized spacial score (nSPS) is 17.2. The number of carbonyl (C=O) groups excluding carboxylic acids is 3. The summed E-state index contributed by atoms with van der Waals surface area (Å²) in [6.07, 6.45) is 1.12. The maximum atomic E-state index is 13.0.